The van der Waals surface area contributed by atoms with Crippen LogP contribution < -0.4 is 0 Å². The molecule has 1 aliphatic rings. The lowest BCUT2D eigenvalue weighted by atomic mass is 9.76. The average Bonchev–Trinajstić information content (AvgIpc) is 2.13. The minimum absolute atomic E-state index is 0.0143. The largest absolute Gasteiger partial charge is 0.389 e. The second-order valence-corrected chi connectivity index (χ2v) is 6.10. The first-order valence-corrected chi connectivity index (χ1v) is 6.45. The molecule has 2 unspecified atom stereocenters. The summed E-state index contributed by atoms with van der Waals surface area (Å²) >= 11 is 0. The molecule has 0 amide bonds. The molecule has 1 rings (SSSR count). The molecule has 3 heteroatoms. The van der Waals surface area contributed by atoms with E-state index in [1.807, 2.05) is 6.92 Å². The minimum Gasteiger partial charge on any atom is -0.389 e. The first-order valence-electron chi connectivity index (χ1n) is 6.45. The van der Waals surface area contributed by atoms with Gasteiger partial charge in [-0.25, -0.2) is 0 Å². The van der Waals surface area contributed by atoms with E-state index in [9.17, 15) is 15.0 Å². The van der Waals surface area contributed by atoms with Gasteiger partial charge in [0.1, 0.15) is 0 Å². The van der Waals surface area contributed by atoms with Crippen molar-refractivity contribution in [1.29, 1.82) is 0 Å². The molecule has 0 saturated carbocycles. The first-order chi connectivity index (χ1) is 8.12. The number of carbonyl (C=O) groups excluding carboxylic acids is 1. The molecule has 0 radical (unpaired) electrons. The summed E-state index contributed by atoms with van der Waals surface area (Å²) in [4.78, 5) is 11.9. The first kappa shape index (κ1) is 15.1. The number of aliphatic hydroxyl groups is 2. The standard InChI is InChI=1S/C15H24O3/c1-11-6-7-12(13(16)10-11)15(4,18)9-5-8-14(2,3)17/h5,8,10,12,17-18H,6-7,9H2,1-4H3. The van der Waals surface area contributed by atoms with Crippen LogP contribution in [0.1, 0.15) is 47.0 Å². The van der Waals surface area contributed by atoms with Crippen LogP contribution in [0.3, 0.4) is 0 Å². The number of ketones is 1. The normalized spacial score (nSPS) is 25.1. The van der Waals surface area contributed by atoms with E-state index in [1.54, 1.807) is 39.0 Å². The molecule has 0 aromatic heterocycles. The molecule has 0 saturated heterocycles. The zero-order valence-corrected chi connectivity index (χ0v) is 11.7. The van der Waals surface area contributed by atoms with Gasteiger partial charge in [0.15, 0.2) is 5.78 Å². The van der Waals surface area contributed by atoms with Crippen LogP contribution >= 0.6 is 0 Å². The maximum atomic E-state index is 11.9. The van der Waals surface area contributed by atoms with Gasteiger partial charge < -0.3 is 10.2 Å². The molecule has 0 spiro atoms. The Morgan fingerprint density at radius 1 is 1.39 bits per heavy atom. The highest BCUT2D eigenvalue weighted by Crippen LogP contribution is 2.32. The molecule has 0 heterocycles. The quantitative estimate of drug-likeness (QED) is 0.755. The molecule has 102 valence electrons. The van der Waals surface area contributed by atoms with Gasteiger partial charge in [0.25, 0.3) is 0 Å². The molecule has 0 aromatic carbocycles. The third kappa shape index (κ3) is 4.39. The molecule has 2 N–H and O–H groups in total. The van der Waals surface area contributed by atoms with Crippen molar-refractivity contribution < 1.29 is 15.0 Å². The Hall–Kier alpha value is -0.930. The summed E-state index contributed by atoms with van der Waals surface area (Å²) in [5.41, 5.74) is -0.849. The number of rotatable bonds is 4. The van der Waals surface area contributed by atoms with E-state index in [2.05, 4.69) is 0 Å². The van der Waals surface area contributed by atoms with Gasteiger partial charge in [0.2, 0.25) is 0 Å². The summed E-state index contributed by atoms with van der Waals surface area (Å²) in [6.45, 7) is 6.99. The number of carbonyl (C=O) groups is 1. The Morgan fingerprint density at radius 2 is 2.00 bits per heavy atom. The van der Waals surface area contributed by atoms with Gasteiger partial charge in [-0.2, -0.15) is 0 Å². The Kier molecular flexibility index (Phi) is 4.51. The highest BCUT2D eigenvalue weighted by atomic mass is 16.3. The molecule has 0 fully saturated rings. The van der Waals surface area contributed by atoms with E-state index in [0.29, 0.717) is 12.8 Å². The predicted octanol–water partition coefficient (Wildman–Crippen LogP) is 2.38. The summed E-state index contributed by atoms with van der Waals surface area (Å²) in [5, 5.41) is 20.0. The smallest absolute Gasteiger partial charge is 0.161 e. The fraction of sp³-hybridized carbons (Fsp3) is 0.667. The Bertz CT molecular complexity index is 370. The third-order valence-electron chi connectivity index (χ3n) is 3.37. The summed E-state index contributed by atoms with van der Waals surface area (Å²) in [6, 6.07) is 0. The molecule has 2 atom stereocenters. The molecule has 3 nitrogen and oxygen atoms in total. The lowest BCUT2D eigenvalue weighted by molar-refractivity contribution is -0.127. The molecule has 18 heavy (non-hydrogen) atoms. The van der Waals surface area contributed by atoms with Crippen LogP contribution in [0.15, 0.2) is 23.8 Å². The lowest BCUT2D eigenvalue weighted by Gasteiger charge is -2.33. The van der Waals surface area contributed by atoms with Crippen LogP contribution in [0.25, 0.3) is 0 Å². The van der Waals surface area contributed by atoms with E-state index >= 15 is 0 Å². The summed E-state index contributed by atoms with van der Waals surface area (Å²) in [6.07, 6.45) is 6.98. The summed E-state index contributed by atoms with van der Waals surface area (Å²) < 4.78 is 0. The van der Waals surface area contributed by atoms with Crippen molar-refractivity contribution in [3.05, 3.63) is 23.8 Å². The molecule has 1 aliphatic carbocycles. The van der Waals surface area contributed by atoms with Crippen LogP contribution in [0.5, 0.6) is 0 Å². The predicted molar refractivity (Wildman–Crippen MR) is 72.2 cm³/mol. The van der Waals surface area contributed by atoms with Gasteiger partial charge in [-0.15, -0.1) is 0 Å². The Morgan fingerprint density at radius 3 is 2.50 bits per heavy atom. The summed E-state index contributed by atoms with van der Waals surface area (Å²) in [5.74, 6) is -0.326. The maximum absolute atomic E-state index is 11.9. The highest BCUT2D eigenvalue weighted by Gasteiger charge is 2.36. The van der Waals surface area contributed by atoms with Crippen LogP contribution in [-0.4, -0.2) is 27.2 Å². The lowest BCUT2D eigenvalue weighted by Crippen LogP contribution is -2.40. The van der Waals surface area contributed by atoms with E-state index in [-0.39, 0.29) is 11.7 Å². The van der Waals surface area contributed by atoms with Crippen molar-refractivity contribution in [3.63, 3.8) is 0 Å². The third-order valence-corrected chi connectivity index (χ3v) is 3.37. The minimum atomic E-state index is -1.05. The van der Waals surface area contributed by atoms with Gasteiger partial charge in [0, 0.05) is 0 Å². The number of hydrogen-bond acceptors (Lipinski definition) is 3. The molecular formula is C15H24O3. The Labute approximate surface area is 109 Å². The highest BCUT2D eigenvalue weighted by molar-refractivity contribution is 5.94. The molecule has 0 aromatic rings. The average molecular weight is 252 g/mol. The van der Waals surface area contributed by atoms with Gasteiger partial charge in [-0.1, -0.05) is 17.7 Å². The van der Waals surface area contributed by atoms with Crippen molar-refractivity contribution in [2.45, 2.75) is 58.2 Å². The van der Waals surface area contributed by atoms with Crippen LogP contribution in [0.4, 0.5) is 0 Å². The number of hydrogen-bond donors (Lipinski definition) is 2. The van der Waals surface area contributed by atoms with Crippen molar-refractivity contribution in [3.8, 4) is 0 Å². The number of allylic oxidation sites excluding steroid dienone is 2. The fourth-order valence-corrected chi connectivity index (χ4v) is 2.28. The van der Waals surface area contributed by atoms with E-state index in [0.717, 1.165) is 12.0 Å². The van der Waals surface area contributed by atoms with Crippen LogP contribution in [-0.2, 0) is 4.79 Å². The van der Waals surface area contributed by atoms with Gasteiger partial charge in [-0.05, 0) is 53.0 Å². The summed E-state index contributed by atoms with van der Waals surface area (Å²) in [7, 11) is 0. The van der Waals surface area contributed by atoms with Crippen molar-refractivity contribution in [2.75, 3.05) is 0 Å². The van der Waals surface area contributed by atoms with Crippen molar-refractivity contribution in [1.82, 2.24) is 0 Å². The molecule has 0 aliphatic heterocycles. The van der Waals surface area contributed by atoms with Gasteiger partial charge in [-0.3, -0.25) is 4.79 Å². The second kappa shape index (κ2) is 5.37. The van der Waals surface area contributed by atoms with Crippen molar-refractivity contribution >= 4 is 5.78 Å². The van der Waals surface area contributed by atoms with Gasteiger partial charge in [0.05, 0.1) is 17.1 Å². The molecule has 0 bridgehead atoms. The van der Waals surface area contributed by atoms with Crippen LogP contribution in [0, 0.1) is 5.92 Å². The van der Waals surface area contributed by atoms with E-state index in [1.165, 1.54) is 0 Å². The fourth-order valence-electron chi connectivity index (χ4n) is 2.28. The van der Waals surface area contributed by atoms with Crippen molar-refractivity contribution in [2.24, 2.45) is 5.92 Å². The van der Waals surface area contributed by atoms with E-state index in [4.69, 9.17) is 0 Å². The molecular weight excluding hydrogens is 228 g/mol. The monoisotopic (exact) mass is 252 g/mol. The SMILES string of the molecule is CC1=CC(=O)C(C(C)(O)CC=CC(C)(C)O)CC1. The zero-order chi connectivity index (χ0) is 14.0. The topological polar surface area (TPSA) is 57.5 Å². The second-order valence-electron chi connectivity index (χ2n) is 6.10. The Balaban J connectivity index is 2.70. The van der Waals surface area contributed by atoms with Gasteiger partial charge >= 0.3 is 0 Å². The van der Waals surface area contributed by atoms with Crippen LogP contribution in [0.2, 0.25) is 0 Å². The maximum Gasteiger partial charge on any atom is 0.161 e. The zero-order valence-electron chi connectivity index (χ0n) is 11.7. The van der Waals surface area contributed by atoms with E-state index < -0.39 is 11.2 Å².